The summed E-state index contributed by atoms with van der Waals surface area (Å²) in [6.07, 6.45) is 2.23. The third kappa shape index (κ3) is 4.71. The zero-order valence-corrected chi connectivity index (χ0v) is 14.5. The van der Waals surface area contributed by atoms with Crippen LogP contribution < -0.4 is 5.32 Å². The van der Waals surface area contributed by atoms with E-state index in [9.17, 15) is 8.42 Å². The van der Waals surface area contributed by atoms with E-state index in [1.807, 2.05) is 0 Å². The first-order chi connectivity index (χ1) is 9.31. The number of rotatable bonds is 7. The van der Waals surface area contributed by atoms with Crippen molar-refractivity contribution in [1.82, 2.24) is 10.2 Å². The Bertz CT molecular complexity index is 381. The van der Waals surface area contributed by atoms with Gasteiger partial charge in [0.25, 0.3) is 0 Å². The van der Waals surface area contributed by atoms with E-state index in [4.69, 9.17) is 0 Å². The Morgan fingerprint density at radius 3 is 2.40 bits per heavy atom. The Morgan fingerprint density at radius 2 is 1.90 bits per heavy atom. The minimum Gasteiger partial charge on any atom is -0.311 e. The lowest BCUT2D eigenvalue weighted by Crippen LogP contribution is -2.59. The summed E-state index contributed by atoms with van der Waals surface area (Å²) in [4.78, 5) is 2.40. The average Bonchev–Trinajstić information content (AvgIpc) is 2.43. The van der Waals surface area contributed by atoms with Crippen LogP contribution in [-0.4, -0.2) is 56.0 Å². The molecule has 1 heterocycles. The van der Waals surface area contributed by atoms with E-state index in [0.717, 1.165) is 25.9 Å². The van der Waals surface area contributed by atoms with E-state index in [-0.39, 0.29) is 11.0 Å². The van der Waals surface area contributed by atoms with E-state index < -0.39 is 9.84 Å². The fourth-order valence-corrected chi connectivity index (χ4v) is 3.70. The Hall–Kier alpha value is -0.130. The Kier molecular flexibility index (Phi) is 6.95. The van der Waals surface area contributed by atoms with Crippen LogP contribution in [-0.2, 0) is 9.84 Å². The zero-order valence-electron chi connectivity index (χ0n) is 13.7. The minimum atomic E-state index is -2.94. The molecule has 20 heavy (non-hydrogen) atoms. The Balaban J connectivity index is 2.69. The number of sulfone groups is 1. The summed E-state index contributed by atoms with van der Waals surface area (Å²) in [5, 5.41) is 3.32. The molecule has 1 rings (SSSR count). The number of hydrogen-bond acceptors (Lipinski definition) is 4. The van der Waals surface area contributed by atoms with Gasteiger partial charge in [0.05, 0.1) is 11.0 Å². The van der Waals surface area contributed by atoms with Gasteiger partial charge < -0.3 is 5.32 Å². The summed E-state index contributed by atoms with van der Waals surface area (Å²) in [7, 11) is -2.94. The minimum absolute atomic E-state index is 0.269. The van der Waals surface area contributed by atoms with E-state index in [0.29, 0.717) is 24.5 Å². The highest BCUT2D eigenvalue weighted by molar-refractivity contribution is 7.92. The monoisotopic (exact) mass is 304 g/mol. The molecule has 0 aliphatic carbocycles. The molecular formula is C15H32N2O2S. The molecule has 0 aromatic rings. The van der Waals surface area contributed by atoms with Gasteiger partial charge in [-0.15, -0.1) is 0 Å². The second-order valence-corrected chi connectivity index (χ2v) is 9.05. The van der Waals surface area contributed by atoms with Crippen molar-refractivity contribution in [2.24, 2.45) is 5.92 Å². The summed E-state index contributed by atoms with van der Waals surface area (Å²) in [6, 6.07) is 0.960. The van der Waals surface area contributed by atoms with Crippen LogP contribution in [0.3, 0.4) is 0 Å². The second-order valence-electron chi connectivity index (χ2n) is 6.38. The van der Waals surface area contributed by atoms with Gasteiger partial charge in [-0.25, -0.2) is 8.42 Å². The van der Waals surface area contributed by atoms with E-state index in [1.54, 1.807) is 13.8 Å². The lowest BCUT2D eigenvalue weighted by molar-refractivity contribution is 0.0967. The average molecular weight is 305 g/mol. The van der Waals surface area contributed by atoms with Crippen molar-refractivity contribution >= 4 is 9.84 Å². The third-order valence-electron chi connectivity index (χ3n) is 4.71. The van der Waals surface area contributed by atoms with Crippen LogP contribution in [0.5, 0.6) is 0 Å². The number of piperazine rings is 1. The highest BCUT2D eigenvalue weighted by Crippen LogP contribution is 2.19. The molecular weight excluding hydrogens is 272 g/mol. The molecule has 0 aromatic heterocycles. The van der Waals surface area contributed by atoms with Gasteiger partial charge in [0.2, 0.25) is 0 Å². The standard InChI is InChI=1S/C15H32N2O2S/c1-6-13(5)15-10-16-14(7-2)11-17(15)8-9-20(18,19)12(3)4/h12-16H,6-11H2,1-5H3. The van der Waals surface area contributed by atoms with Gasteiger partial charge >= 0.3 is 0 Å². The summed E-state index contributed by atoms with van der Waals surface area (Å²) in [6.45, 7) is 12.8. The van der Waals surface area contributed by atoms with Gasteiger partial charge in [-0.3, -0.25) is 4.90 Å². The second kappa shape index (κ2) is 7.76. The smallest absolute Gasteiger partial charge is 0.153 e. The summed E-state index contributed by atoms with van der Waals surface area (Å²) in [5.74, 6) is 0.885. The molecule has 3 unspecified atom stereocenters. The third-order valence-corrected chi connectivity index (χ3v) is 6.90. The van der Waals surface area contributed by atoms with Gasteiger partial charge in [0.15, 0.2) is 9.84 Å². The van der Waals surface area contributed by atoms with Crippen LogP contribution >= 0.6 is 0 Å². The molecule has 0 spiro atoms. The highest BCUT2D eigenvalue weighted by atomic mass is 32.2. The fraction of sp³-hybridized carbons (Fsp3) is 1.00. The van der Waals surface area contributed by atoms with E-state index in [1.165, 1.54) is 0 Å². The molecule has 4 nitrogen and oxygen atoms in total. The van der Waals surface area contributed by atoms with Crippen LogP contribution in [0.2, 0.25) is 0 Å². The van der Waals surface area contributed by atoms with Gasteiger partial charge in [-0.05, 0) is 26.2 Å². The van der Waals surface area contributed by atoms with Gasteiger partial charge in [-0.2, -0.15) is 0 Å². The van der Waals surface area contributed by atoms with Crippen LogP contribution in [0.15, 0.2) is 0 Å². The van der Waals surface area contributed by atoms with Crippen molar-refractivity contribution < 1.29 is 8.42 Å². The number of nitrogens with zero attached hydrogens (tertiary/aromatic N) is 1. The maximum Gasteiger partial charge on any atom is 0.153 e. The molecule has 1 fully saturated rings. The summed E-state index contributed by atoms with van der Waals surface area (Å²) in [5.41, 5.74) is 0. The summed E-state index contributed by atoms with van der Waals surface area (Å²) >= 11 is 0. The normalized spacial score (nSPS) is 26.9. The fourth-order valence-electron chi connectivity index (χ4n) is 2.74. The molecule has 0 bridgehead atoms. The summed E-state index contributed by atoms with van der Waals surface area (Å²) < 4.78 is 24.1. The Morgan fingerprint density at radius 1 is 1.25 bits per heavy atom. The van der Waals surface area contributed by atoms with Crippen LogP contribution in [0.4, 0.5) is 0 Å². The van der Waals surface area contributed by atoms with Crippen LogP contribution in [0.25, 0.3) is 0 Å². The van der Waals surface area contributed by atoms with Crippen molar-refractivity contribution in [1.29, 1.82) is 0 Å². The SMILES string of the molecule is CCC1CN(CCS(=O)(=O)C(C)C)C(C(C)CC)CN1. The predicted molar refractivity (Wildman–Crippen MR) is 85.8 cm³/mol. The van der Waals surface area contributed by atoms with Crippen molar-refractivity contribution in [2.75, 3.05) is 25.4 Å². The van der Waals surface area contributed by atoms with Gasteiger partial charge in [0, 0.05) is 31.7 Å². The van der Waals surface area contributed by atoms with Crippen LogP contribution in [0.1, 0.15) is 47.5 Å². The Labute approximate surface area is 125 Å². The lowest BCUT2D eigenvalue weighted by Gasteiger charge is -2.43. The highest BCUT2D eigenvalue weighted by Gasteiger charge is 2.31. The number of hydrogen-bond donors (Lipinski definition) is 1. The molecule has 0 aromatic carbocycles. The van der Waals surface area contributed by atoms with Crippen molar-refractivity contribution in [2.45, 2.75) is 64.8 Å². The first-order valence-electron chi connectivity index (χ1n) is 8.00. The maximum absolute atomic E-state index is 12.0. The number of nitrogens with one attached hydrogen (secondary N) is 1. The first-order valence-corrected chi connectivity index (χ1v) is 9.72. The van der Waals surface area contributed by atoms with Crippen molar-refractivity contribution in [3.05, 3.63) is 0 Å². The van der Waals surface area contributed by atoms with Crippen LogP contribution in [0, 0.1) is 5.92 Å². The molecule has 1 saturated heterocycles. The molecule has 3 atom stereocenters. The van der Waals surface area contributed by atoms with Crippen molar-refractivity contribution in [3.63, 3.8) is 0 Å². The first kappa shape index (κ1) is 17.9. The van der Waals surface area contributed by atoms with Crippen molar-refractivity contribution in [3.8, 4) is 0 Å². The lowest BCUT2D eigenvalue weighted by atomic mass is 9.94. The topological polar surface area (TPSA) is 49.4 Å². The van der Waals surface area contributed by atoms with Gasteiger partial charge in [-0.1, -0.05) is 27.2 Å². The quantitative estimate of drug-likeness (QED) is 0.780. The molecule has 0 radical (unpaired) electrons. The molecule has 0 amide bonds. The molecule has 1 N–H and O–H groups in total. The molecule has 1 aliphatic heterocycles. The predicted octanol–water partition coefficient (Wildman–Crippen LogP) is 1.91. The zero-order chi connectivity index (χ0) is 15.3. The maximum atomic E-state index is 12.0. The molecule has 5 heteroatoms. The molecule has 0 saturated carbocycles. The molecule has 120 valence electrons. The van der Waals surface area contributed by atoms with Gasteiger partial charge in [0.1, 0.15) is 0 Å². The van der Waals surface area contributed by atoms with E-state index in [2.05, 4.69) is 31.0 Å². The molecule has 1 aliphatic rings. The largest absolute Gasteiger partial charge is 0.311 e. The van der Waals surface area contributed by atoms with E-state index >= 15 is 0 Å².